The number of amides is 2. The lowest BCUT2D eigenvalue weighted by Crippen LogP contribution is -2.20. The highest BCUT2D eigenvalue weighted by Gasteiger charge is 2.09. The molecule has 9 heteroatoms. The zero-order chi connectivity index (χ0) is 21.4. The molecule has 2 aromatic rings. The van der Waals surface area contributed by atoms with Crippen LogP contribution in [0.2, 0.25) is 5.02 Å². The third-order valence-electron chi connectivity index (χ3n) is 3.79. The van der Waals surface area contributed by atoms with Crippen LogP contribution in [0.25, 0.3) is 0 Å². The van der Waals surface area contributed by atoms with Gasteiger partial charge in [0.25, 0.3) is 0 Å². The lowest BCUT2D eigenvalue weighted by molar-refractivity contribution is -0.124. The molecule has 154 valence electrons. The fourth-order valence-corrected chi connectivity index (χ4v) is 2.93. The molecule has 0 aliphatic heterocycles. The van der Waals surface area contributed by atoms with Gasteiger partial charge in [-0.25, -0.2) is 5.43 Å². The van der Waals surface area contributed by atoms with Crippen molar-refractivity contribution >= 4 is 51.2 Å². The third kappa shape index (κ3) is 7.07. The zero-order valence-corrected chi connectivity index (χ0v) is 18.3. The number of phenols is 1. The number of aryl methyl sites for hydroxylation is 1. The van der Waals surface area contributed by atoms with E-state index in [-0.39, 0.29) is 24.5 Å². The van der Waals surface area contributed by atoms with Gasteiger partial charge in [0.2, 0.25) is 11.8 Å². The first-order chi connectivity index (χ1) is 13.8. The van der Waals surface area contributed by atoms with Gasteiger partial charge in [-0.2, -0.15) is 5.10 Å². The van der Waals surface area contributed by atoms with Crippen molar-refractivity contribution in [1.29, 1.82) is 0 Å². The summed E-state index contributed by atoms with van der Waals surface area (Å²) in [5.74, 6) is -0.398. The molecule has 0 spiro atoms. The van der Waals surface area contributed by atoms with E-state index in [4.69, 9.17) is 16.3 Å². The summed E-state index contributed by atoms with van der Waals surface area (Å²) in [5.41, 5.74) is 4.47. The molecule has 7 nitrogen and oxygen atoms in total. The number of anilines is 1. The third-order valence-corrected chi connectivity index (χ3v) is 4.80. The quantitative estimate of drug-likeness (QED) is 0.384. The molecular weight excluding hydrogens is 462 g/mol. The first-order valence-corrected chi connectivity index (χ1v) is 10.0. The number of hydrogen-bond donors (Lipinski definition) is 3. The molecule has 0 unspecified atom stereocenters. The Bertz CT molecular complexity index is 934. The van der Waals surface area contributed by atoms with E-state index in [1.807, 2.05) is 6.92 Å². The number of phenolic OH excluding ortho intramolecular Hbond substituents is 1. The summed E-state index contributed by atoms with van der Waals surface area (Å²) in [6.07, 6.45) is 1.40. The molecule has 0 fully saturated rings. The smallest absolute Gasteiger partial charge is 0.240 e. The van der Waals surface area contributed by atoms with E-state index in [2.05, 4.69) is 31.8 Å². The van der Waals surface area contributed by atoms with Gasteiger partial charge in [-0.05, 0) is 65.2 Å². The summed E-state index contributed by atoms with van der Waals surface area (Å²) in [7, 11) is 0. The normalized spacial score (nSPS) is 10.8. The van der Waals surface area contributed by atoms with E-state index >= 15 is 0 Å². The van der Waals surface area contributed by atoms with Gasteiger partial charge >= 0.3 is 0 Å². The molecule has 0 radical (unpaired) electrons. The van der Waals surface area contributed by atoms with Crippen LogP contribution in [-0.4, -0.2) is 29.7 Å². The molecule has 2 amide bonds. The van der Waals surface area contributed by atoms with Gasteiger partial charge in [0.05, 0.1) is 17.3 Å². The Morgan fingerprint density at radius 2 is 1.97 bits per heavy atom. The summed E-state index contributed by atoms with van der Waals surface area (Å²) in [4.78, 5) is 23.8. The maximum Gasteiger partial charge on any atom is 0.240 e. The van der Waals surface area contributed by atoms with Crippen LogP contribution in [0.1, 0.15) is 30.9 Å². The van der Waals surface area contributed by atoms with Gasteiger partial charge in [-0.3, -0.25) is 9.59 Å². The van der Waals surface area contributed by atoms with Gasteiger partial charge in [0.1, 0.15) is 0 Å². The lowest BCUT2D eigenvalue weighted by atomic mass is 10.2. The Morgan fingerprint density at radius 1 is 1.24 bits per heavy atom. The Labute approximate surface area is 182 Å². The predicted octanol–water partition coefficient (Wildman–Crippen LogP) is 4.38. The number of ether oxygens (including phenoxy) is 1. The van der Waals surface area contributed by atoms with Crippen molar-refractivity contribution in [3.63, 3.8) is 0 Å². The first-order valence-electron chi connectivity index (χ1n) is 8.83. The maximum absolute atomic E-state index is 12.0. The molecular formula is C20H21BrClN3O4. The van der Waals surface area contributed by atoms with Crippen LogP contribution in [0.5, 0.6) is 11.5 Å². The number of halogens is 2. The molecule has 0 heterocycles. The number of carbonyl (C=O) groups is 2. The Hall–Kier alpha value is -2.58. The molecule has 0 bridgehead atoms. The summed E-state index contributed by atoms with van der Waals surface area (Å²) in [6, 6.07) is 8.44. The average molecular weight is 483 g/mol. The maximum atomic E-state index is 12.0. The molecule has 0 atom stereocenters. The fraction of sp³-hybridized carbons (Fsp3) is 0.250. The van der Waals surface area contributed by atoms with Crippen molar-refractivity contribution in [2.75, 3.05) is 11.9 Å². The van der Waals surface area contributed by atoms with Gasteiger partial charge < -0.3 is 15.2 Å². The van der Waals surface area contributed by atoms with Crippen molar-refractivity contribution in [2.24, 2.45) is 5.10 Å². The van der Waals surface area contributed by atoms with Crippen molar-refractivity contribution in [2.45, 2.75) is 26.7 Å². The van der Waals surface area contributed by atoms with Crippen LogP contribution >= 0.6 is 27.5 Å². The number of nitrogens with zero attached hydrogens (tertiary/aromatic N) is 1. The average Bonchev–Trinajstić information content (AvgIpc) is 2.67. The molecule has 29 heavy (non-hydrogen) atoms. The van der Waals surface area contributed by atoms with E-state index in [0.717, 1.165) is 5.56 Å². The molecule has 0 saturated heterocycles. The number of benzene rings is 2. The number of carbonyl (C=O) groups excluding carboxylic acids is 2. The van der Waals surface area contributed by atoms with Crippen LogP contribution in [0.3, 0.4) is 0 Å². The molecule has 3 N–H and O–H groups in total. The Balaban J connectivity index is 1.83. The topological polar surface area (TPSA) is 100 Å². The Kier molecular flexibility index (Phi) is 8.48. The predicted molar refractivity (Wildman–Crippen MR) is 117 cm³/mol. The van der Waals surface area contributed by atoms with E-state index < -0.39 is 5.91 Å². The zero-order valence-electron chi connectivity index (χ0n) is 16.0. The first kappa shape index (κ1) is 22.7. The number of hydrazone groups is 1. The summed E-state index contributed by atoms with van der Waals surface area (Å²) in [5, 5.41) is 17.0. The molecule has 0 aliphatic rings. The van der Waals surface area contributed by atoms with Crippen LogP contribution in [0.15, 0.2) is 39.9 Å². The SMILES string of the molecule is CCOc1cc(C=NNC(=O)CCC(=O)Nc2ccc(C)c(Cl)c2)cc(Br)c1O. The van der Waals surface area contributed by atoms with E-state index in [0.29, 0.717) is 33.1 Å². The second-order valence-electron chi connectivity index (χ2n) is 6.09. The number of hydrogen-bond acceptors (Lipinski definition) is 5. The standard InChI is InChI=1S/C20H21BrClN3O4/c1-3-29-17-9-13(8-15(21)20(17)28)11-23-25-19(27)7-6-18(26)24-14-5-4-12(2)16(22)10-14/h4-5,8-11,28H,3,6-7H2,1-2H3,(H,24,26)(H,25,27). The molecule has 0 saturated carbocycles. The van der Waals surface area contributed by atoms with Gasteiger partial charge in [0, 0.05) is 23.6 Å². The highest BCUT2D eigenvalue weighted by atomic mass is 79.9. The highest BCUT2D eigenvalue weighted by Crippen LogP contribution is 2.35. The van der Waals surface area contributed by atoms with Crippen LogP contribution in [-0.2, 0) is 9.59 Å². The second kappa shape index (κ2) is 10.8. The van der Waals surface area contributed by atoms with Gasteiger partial charge in [0.15, 0.2) is 11.5 Å². The second-order valence-corrected chi connectivity index (χ2v) is 7.35. The number of nitrogens with one attached hydrogen (secondary N) is 2. The van der Waals surface area contributed by atoms with Crippen LogP contribution in [0, 0.1) is 6.92 Å². The van der Waals surface area contributed by atoms with E-state index in [9.17, 15) is 14.7 Å². The molecule has 2 aromatic carbocycles. The van der Waals surface area contributed by atoms with Gasteiger partial charge in [-0.1, -0.05) is 17.7 Å². The largest absolute Gasteiger partial charge is 0.503 e. The summed E-state index contributed by atoms with van der Waals surface area (Å²) >= 11 is 9.25. The molecule has 2 rings (SSSR count). The van der Waals surface area contributed by atoms with E-state index in [1.54, 1.807) is 37.3 Å². The van der Waals surface area contributed by atoms with Crippen molar-refractivity contribution in [3.05, 3.63) is 51.0 Å². The fourth-order valence-electron chi connectivity index (χ4n) is 2.29. The number of rotatable bonds is 8. The highest BCUT2D eigenvalue weighted by molar-refractivity contribution is 9.10. The van der Waals surface area contributed by atoms with E-state index in [1.165, 1.54) is 6.21 Å². The van der Waals surface area contributed by atoms with Crippen molar-refractivity contribution in [3.8, 4) is 11.5 Å². The summed E-state index contributed by atoms with van der Waals surface area (Å²) in [6.45, 7) is 4.07. The van der Waals surface area contributed by atoms with Crippen molar-refractivity contribution < 1.29 is 19.4 Å². The minimum atomic E-state index is -0.402. The molecule has 0 aromatic heterocycles. The van der Waals surface area contributed by atoms with Crippen molar-refractivity contribution in [1.82, 2.24) is 5.43 Å². The minimum Gasteiger partial charge on any atom is -0.503 e. The lowest BCUT2D eigenvalue weighted by Gasteiger charge is -2.08. The molecule has 0 aliphatic carbocycles. The van der Waals surface area contributed by atoms with Gasteiger partial charge in [-0.15, -0.1) is 0 Å². The Morgan fingerprint density at radius 3 is 2.66 bits per heavy atom. The van der Waals surface area contributed by atoms with Crippen LogP contribution < -0.4 is 15.5 Å². The summed E-state index contributed by atoms with van der Waals surface area (Å²) < 4.78 is 5.78. The minimum absolute atomic E-state index is 0.00564. The van der Waals surface area contributed by atoms with Crippen LogP contribution in [0.4, 0.5) is 5.69 Å². The number of aromatic hydroxyl groups is 1. The monoisotopic (exact) mass is 481 g/mol.